The maximum atomic E-state index is 3.97. The van der Waals surface area contributed by atoms with E-state index in [9.17, 15) is 0 Å². The molecule has 0 spiro atoms. The van der Waals surface area contributed by atoms with Gasteiger partial charge in [-0.2, -0.15) is 0 Å². The van der Waals surface area contributed by atoms with Gasteiger partial charge in [-0.15, -0.1) is 0 Å². The van der Waals surface area contributed by atoms with Crippen LogP contribution in [0.2, 0.25) is 0 Å². The Labute approximate surface area is 93.2 Å². The second-order valence-corrected chi connectivity index (χ2v) is 4.50. The number of hydrogen-bond acceptors (Lipinski definition) is 1. The first-order valence-electron chi connectivity index (χ1n) is 6.11. The monoisotopic (exact) mass is 203 g/mol. The molecule has 2 aliphatic rings. The lowest BCUT2D eigenvalue weighted by atomic mass is 9.89. The number of rotatable bonds is 2. The lowest BCUT2D eigenvalue weighted by molar-refractivity contribution is 0.177. The van der Waals surface area contributed by atoms with Crippen molar-refractivity contribution in [2.75, 3.05) is 6.54 Å². The van der Waals surface area contributed by atoms with Gasteiger partial charge in [0.15, 0.2) is 0 Å². The molecule has 0 saturated carbocycles. The third kappa shape index (κ3) is 2.01. The maximum Gasteiger partial charge on any atom is 0.0395 e. The van der Waals surface area contributed by atoms with Crippen molar-refractivity contribution in [1.29, 1.82) is 0 Å². The van der Waals surface area contributed by atoms with Gasteiger partial charge in [-0.3, -0.25) is 0 Å². The Hall–Kier alpha value is -0.980. The first kappa shape index (κ1) is 10.5. The summed E-state index contributed by atoms with van der Waals surface area (Å²) in [6, 6.07) is 0.792. The lowest BCUT2D eigenvalue weighted by Crippen LogP contribution is -2.41. The van der Waals surface area contributed by atoms with Gasteiger partial charge in [0.25, 0.3) is 0 Å². The Morgan fingerprint density at radius 1 is 1.33 bits per heavy atom. The summed E-state index contributed by atoms with van der Waals surface area (Å²) in [4.78, 5) is 2.58. The minimum atomic E-state index is 0.792. The van der Waals surface area contributed by atoms with Gasteiger partial charge in [-0.1, -0.05) is 18.7 Å². The molecule has 1 heteroatoms. The van der Waals surface area contributed by atoms with Crippen LogP contribution in [0.5, 0.6) is 0 Å². The van der Waals surface area contributed by atoms with Crippen molar-refractivity contribution in [3.63, 3.8) is 0 Å². The van der Waals surface area contributed by atoms with E-state index in [0.717, 1.165) is 6.04 Å². The van der Waals surface area contributed by atoms with E-state index in [1.807, 2.05) is 6.08 Å². The van der Waals surface area contributed by atoms with E-state index in [1.54, 1.807) is 0 Å². The van der Waals surface area contributed by atoms with Gasteiger partial charge in [0, 0.05) is 18.3 Å². The molecule has 0 aromatic rings. The molecule has 0 aromatic carbocycles. The molecule has 2 aliphatic heterocycles. The second-order valence-electron chi connectivity index (χ2n) is 4.50. The molecule has 0 amide bonds. The zero-order chi connectivity index (χ0) is 10.7. The Bertz CT molecular complexity index is 298. The summed E-state index contributed by atoms with van der Waals surface area (Å²) in [5, 5.41) is 0. The van der Waals surface area contributed by atoms with E-state index in [-0.39, 0.29) is 0 Å². The fourth-order valence-electron chi connectivity index (χ4n) is 2.87. The summed E-state index contributed by atoms with van der Waals surface area (Å²) >= 11 is 0. The molecule has 1 atom stereocenters. The summed E-state index contributed by atoms with van der Waals surface area (Å²) in [6.07, 6.45) is 13.1. The Kier molecular flexibility index (Phi) is 3.30. The third-order valence-corrected chi connectivity index (χ3v) is 3.57. The minimum absolute atomic E-state index is 0.792. The molecule has 0 radical (unpaired) electrons. The molecule has 2 rings (SSSR count). The van der Waals surface area contributed by atoms with Crippen LogP contribution in [0.1, 0.15) is 39.0 Å². The minimum Gasteiger partial charge on any atom is -0.368 e. The predicted octanol–water partition coefficient (Wildman–Crippen LogP) is 3.65. The van der Waals surface area contributed by atoms with Gasteiger partial charge < -0.3 is 4.90 Å². The predicted molar refractivity (Wildman–Crippen MR) is 65.6 cm³/mol. The molecule has 15 heavy (non-hydrogen) atoms. The smallest absolute Gasteiger partial charge is 0.0395 e. The highest BCUT2D eigenvalue weighted by atomic mass is 15.2. The summed E-state index contributed by atoms with van der Waals surface area (Å²) in [5.41, 5.74) is 2.87. The SMILES string of the molecule is C=CC1=C(/C=C\C)CCC2CCCCN12. The van der Waals surface area contributed by atoms with Crippen molar-refractivity contribution in [2.24, 2.45) is 0 Å². The summed E-state index contributed by atoms with van der Waals surface area (Å²) in [7, 11) is 0. The van der Waals surface area contributed by atoms with Crippen molar-refractivity contribution in [1.82, 2.24) is 4.90 Å². The number of nitrogens with zero attached hydrogens (tertiary/aromatic N) is 1. The van der Waals surface area contributed by atoms with E-state index in [0.29, 0.717) is 0 Å². The lowest BCUT2D eigenvalue weighted by Gasteiger charge is -2.42. The molecule has 1 fully saturated rings. The van der Waals surface area contributed by atoms with Crippen LogP contribution in [-0.4, -0.2) is 17.5 Å². The third-order valence-electron chi connectivity index (χ3n) is 3.57. The molecular weight excluding hydrogens is 182 g/mol. The first-order valence-corrected chi connectivity index (χ1v) is 6.11. The molecule has 1 nitrogen and oxygen atoms in total. The van der Waals surface area contributed by atoms with Gasteiger partial charge in [-0.05, 0) is 50.7 Å². The van der Waals surface area contributed by atoms with E-state index in [1.165, 1.54) is 49.9 Å². The zero-order valence-corrected chi connectivity index (χ0v) is 9.71. The molecule has 2 heterocycles. The van der Waals surface area contributed by atoms with Gasteiger partial charge in [-0.25, -0.2) is 0 Å². The Balaban J connectivity index is 2.28. The standard InChI is InChI=1S/C14H21N/c1-3-7-12-9-10-13-8-5-6-11-15(13)14(12)4-2/h3-4,7,13H,2,5-6,8-11H2,1H3/b7-3-. The number of piperidine rings is 1. The highest BCUT2D eigenvalue weighted by Crippen LogP contribution is 2.33. The van der Waals surface area contributed by atoms with Crippen LogP contribution in [0.4, 0.5) is 0 Å². The molecular formula is C14H21N. The van der Waals surface area contributed by atoms with E-state index in [4.69, 9.17) is 0 Å². The maximum absolute atomic E-state index is 3.97. The van der Waals surface area contributed by atoms with Crippen LogP contribution in [0.3, 0.4) is 0 Å². The van der Waals surface area contributed by atoms with E-state index < -0.39 is 0 Å². The van der Waals surface area contributed by atoms with Crippen molar-refractivity contribution < 1.29 is 0 Å². The molecule has 0 bridgehead atoms. The van der Waals surface area contributed by atoms with Gasteiger partial charge in [0.2, 0.25) is 0 Å². The first-order chi connectivity index (χ1) is 7.36. The van der Waals surface area contributed by atoms with Crippen LogP contribution < -0.4 is 0 Å². The van der Waals surface area contributed by atoms with Crippen LogP contribution in [-0.2, 0) is 0 Å². The fraction of sp³-hybridized carbons (Fsp3) is 0.571. The van der Waals surface area contributed by atoms with Crippen LogP contribution in [0.15, 0.2) is 36.1 Å². The average molecular weight is 203 g/mol. The van der Waals surface area contributed by atoms with Crippen molar-refractivity contribution in [3.8, 4) is 0 Å². The highest BCUT2D eigenvalue weighted by Gasteiger charge is 2.27. The number of fused-ring (bicyclic) bond motifs is 1. The number of hydrogen-bond donors (Lipinski definition) is 0. The summed E-state index contributed by atoms with van der Waals surface area (Å²) in [6.45, 7) is 7.30. The topological polar surface area (TPSA) is 3.24 Å². The van der Waals surface area contributed by atoms with Crippen LogP contribution >= 0.6 is 0 Å². The zero-order valence-electron chi connectivity index (χ0n) is 9.71. The summed E-state index contributed by atoms with van der Waals surface area (Å²) < 4.78 is 0. The molecule has 82 valence electrons. The molecule has 0 aliphatic carbocycles. The van der Waals surface area contributed by atoms with Crippen molar-refractivity contribution in [2.45, 2.75) is 45.1 Å². The molecule has 1 unspecified atom stereocenters. The molecule has 0 N–H and O–H groups in total. The highest BCUT2D eigenvalue weighted by molar-refractivity contribution is 5.34. The molecule has 1 saturated heterocycles. The Morgan fingerprint density at radius 3 is 2.93 bits per heavy atom. The normalized spacial score (nSPS) is 27.0. The van der Waals surface area contributed by atoms with Crippen molar-refractivity contribution >= 4 is 0 Å². The summed E-state index contributed by atoms with van der Waals surface area (Å²) in [5.74, 6) is 0. The van der Waals surface area contributed by atoms with E-state index in [2.05, 4.69) is 30.6 Å². The fourth-order valence-corrected chi connectivity index (χ4v) is 2.87. The number of allylic oxidation sites excluding steroid dienone is 4. The van der Waals surface area contributed by atoms with Crippen LogP contribution in [0, 0.1) is 0 Å². The van der Waals surface area contributed by atoms with Crippen LogP contribution in [0.25, 0.3) is 0 Å². The van der Waals surface area contributed by atoms with E-state index >= 15 is 0 Å². The van der Waals surface area contributed by atoms with Gasteiger partial charge in [0.05, 0.1) is 0 Å². The largest absolute Gasteiger partial charge is 0.368 e. The van der Waals surface area contributed by atoms with Gasteiger partial charge in [0.1, 0.15) is 0 Å². The molecule has 0 aromatic heterocycles. The Morgan fingerprint density at radius 2 is 2.20 bits per heavy atom. The second kappa shape index (κ2) is 4.69. The van der Waals surface area contributed by atoms with Crippen molar-refractivity contribution in [3.05, 3.63) is 36.1 Å². The quantitative estimate of drug-likeness (QED) is 0.662. The van der Waals surface area contributed by atoms with Gasteiger partial charge >= 0.3 is 0 Å². The average Bonchev–Trinajstić information content (AvgIpc) is 2.29.